The predicted octanol–water partition coefficient (Wildman–Crippen LogP) is 2.30. The first-order chi connectivity index (χ1) is 9.99. The number of carbonyl (C=O) groups excluding carboxylic acids is 1. The quantitative estimate of drug-likeness (QED) is 0.905. The van der Waals surface area contributed by atoms with Gasteiger partial charge in [-0.2, -0.15) is 0 Å². The van der Waals surface area contributed by atoms with E-state index in [0.717, 1.165) is 18.9 Å². The Labute approximate surface area is 122 Å². The summed E-state index contributed by atoms with van der Waals surface area (Å²) in [5.74, 6) is -2.03. The summed E-state index contributed by atoms with van der Waals surface area (Å²) in [6, 6.07) is 4.08. The summed E-state index contributed by atoms with van der Waals surface area (Å²) in [7, 11) is 1.66. The maximum absolute atomic E-state index is 13.7. The zero-order valence-corrected chi connectivity index (χ0v) is 11.9. The Morgan fingerprint density at radius 2 is 2.14 bits per heavy atom. The van der Waals surface area contributed by atoms with Crippen LogP contribution in [0.25, 0.3) is 0 Å². The number of amides is 1. The molecule has 2 aliphatic rings. The molecular weight excluding hydrogens is 276 g/mol. The van der Waals surface area contributed by atoms with Gasteiger partial charge in [-0.1, -0.05) is 12.1 Å². The predicted molar refractivity (Wildman–Crippen MR) is 73.6 cm³/mol. The zero-order chi connectivity index (χ0) is 15.1. The highest BCUT2D eigenvalue weighted by Crippen LogP contribution is 2.49. The molecule has 0 saturated heterocycles. The lowest BCUT2D eigenvalue weighted by Gasteiger charge is -2.21. The van der Waals surface area contributed by atoms with Gasteiger partial charge in [0.05, 0.1) is 6.10 Å². The molecule has 114 valence electrons. The fourth-order valence-electron chi connectivity index (χ4n) is 2.90. The number of halogens is 2. The Hall–Kier alpha value is -1.49. The molecule has 0 heterocycles. The number of carbonyl (C=O) groups is 1. The number of rotatable bonds is 5. The van der Waals surface area contributed by atoms with E-state index < -0.39 is 17.7 Å². The summed E-state index contributed by atoms with van der Waals surface area (Å²) in [4.78, 5) is 13.8. The standard InChI is InChI=1S/C16H19F2NO2/c1-19(8-14(20)9-5-6-9)16(21)12-7-11(12)10-3-2-4-13(17)15(10)18/h2-4,9,11-12,14,20H,5-8H2,1H3. The first-order valence-corrected chi connectivity index (χ1v) is 7.36. The van der Waals surface area contributed by atoms with Gasteiger partial charge in [0.2, 0.25) is 5.91 Å². The maximum Gasteiger partial charge on any atom is 0.226 e. The largest absolute Gasteiger partial charge is 0.391 e. The maximum atomic E-state index is 13.7. The third-order valence-corrected chi connectivity index (χ3v) is 4.49. The fraction of sp³-hybridized carbons (Fsp3) is 0.562. The van der Waals surface area contributed by atoms with Crippen LogP contribution in [0.15, 0.2) is 18.2 Å². The summed E-state index contributed by atoms with van der Waals surface area (Å²) in [6.45, 7) is 0.318. The fourth-order valence-corrected chi connectivity index (χ4v) is 2.90. The summed E-state index contributed by atoms with van der Waals surface area (Å²) >= 11 is 0. The van der Waals surface area contributed by atoms with Crippen LogP contribution in [0.4, 0.5) is 8.78 Å². The Bertz CT molecular complexity index is 559. The molecule has 0 aliphatic heterocycles. The normalized spacial score (nSPS) is 25.5. The van der Waals surface area contributed by atoms with Crippen LogP contribution in [0.3, 0.4) is 0 Å². The van der Waals surface area contributed by atoms with Gasteiger partial charge in [-0.15, -0.1) is 0 Å². The molecule has 3 rings (SSSR count). The van der Waals surface area contributed by atoms with Crippen LogP contribution in [0.5, 0.6) is 0 Å². The SMILES string of the molecule is CN(CC(O)C1CC1)C(=O)C1CC1c1cccc(F)c1F. The van der Waals surface area contributed by atoms with E-state index in [2.05, 4.69) is 0 Å². The lowest BCUT2D eigenvalue weighted by Crippen LogP contribution is -2.36. The van der Waals surface area contributed by atoms with Crippen LogP contribution >= 0.6 is 0 Å². The van der Waals surface area contributed by atoms with Gasteiger partial charge in [0.25, 0.3) is 0 Å². The number of aliphatic hydroxyl groups is 1. The molecule has 2 aliphatic carbocycles. The van der Waals surface area contributed by atoms with Crippen LogP contribution in [0.2, 0.25) is 0 Å². The van der Waals surface area contributed by atoms with Gasteiger partial charge in [-0.05, 0) is 42.7 Å². The number of benzene rings is 1. The molecule has 21 heavy (non-hydrogen) atoms. The number of nitrogens with zero attached hydrogens (tertiary/aromatic N) is 1. The molecule has 5 heteroatoms. The summed E-state index contributed by atoms with van der Waals surface area (Å²) < 4.78 is 26.9. The minimum absolute atomic E-state index is 0.0941. The molecule has 2 fully saturated rings. The van der Waals surface area contributed by atoms with E-state index in [4.69, 9.17) is 0 Å². The van der Waals surface area contributed by atoms with E-state index in [1.165, 1.54) is 17.0 Å². The van der Waals surface area contributed by atoms with E-state index in [9.17, 15) is 18.7 Å². The van der Waals surface area contributed by atoms with Crippen molar-refractivity contribution in [3.05, 3.63) is 35.4 Å². The van der Waals surface area contributed by atoms with Crippen LogP contribution in [-0.2, 0) is 4.79 Å². The second-order valence-corrected chi connectivity index (χ2v) is 6.22. The van der Waals surface area contributed by atoms with Crippen molar-refractivity contribution >= 4 is 5.91 Å². The Balaban J connectivity index is 1.61. The average Bonchev–Trinajstić information content (AvgIpc) is 3.33. The first kappa shape index (κ1) is 14.4. The van der Waals surface area contributed by atoms with Crippen LogP contribution in [-0.4, -0.2) is 35.6 Å². The topological polar surface area (TPSA) is 40.5 Å². The van der Waals surface area contributed by atoms with Crippen LogP contribution in [0.1, 0.15) is 30.7 Å². The van der Waals surface area contributed by atoms with E-state index in [1.54, 1.807) is 7.05 Å². The van der Waals surface area contributed by atoms with Gasteiger partial charge in [-0.3, -0.25) is 4.79 Å². The van der Waals surface area contributed by atoms with E-state index in [0.29, 0.717) is 18.9 Å². The molecular formula is C16H19F2NO2. The highest BCUT2D eigenvalue weighted by atomic mass is 19.2. The minimum atomic E-state index is -0.872. The van der Waals surface area contributed by atoms with E-state index in [1.807, 2.05) is 0 Å². The molecule has 1 aromatic carbocycles. The van der Waals surface area contributed by atoms with Gasteiger partial charge < -0.3 is 10.0 Å². The van der Waals surface area contributed by atoms with Crippen molar-refractivity contribution in [3.63, 3.8) is 0 Å². The summed E-state index contributed by atoms with van der Waals surface area (Å²) in [5, 5.41) is 9.87. The molecule has 3 unspecified atom stereocenters. The first-order valence-electron chi connectivity index (χ1n) is 7.36. The number of aliphatic hydroxyl groups excluding tert-OH is 1. The third kappa shape index (κ3) is 2.93. The van der Waals surface area contributed by atoms with Gasteiger partial charge in [-0.25, -0.2) is 8.78 Å². The van der Waals surface area contributed by atoms with Gasteiger partial charge in [0, 0.05) is 19.5 Å². The van der Waals surface area contributed by atoms with Crippen LogP contribution in [0, 0.1) is 23.5 Å². The van der Waals surface area contributed by atoms with Crippen molar-refractivity contribution in [1.82, 2.24) is 4.90 Å². The van der Waals surface area contributed by atoms with E-state index >= 15 is 0 Å². The second-order valence-electron chi connectivity index (χ2n) is 6.22. The van der Waals surface area contributed by atoms with Crippen molar-refractivity contribution < 1.29 is 18.7 Å². The molecule has 3 nitrogen and oxygen atoms in total. The highest BCUT2D eigenvalue weighted by Gasteiger charge is 2.47. The van der Waals surface area contributed by atoms with E-state index in [-0.39, 0.29) is 23.3 Å². The smallest absolute Gasteiger partial charge is 0.226 e. The van der Waals surface area contributed by atoms with Crippen molar-refractivity contribution in [2.45, 2.75) is 31.3 Å². The lowest BCUT2D eigenvalue weighted by molar-refractivity contribution is -0.132. The molecule has 3 atom stereocenters. The number of hydrogen-bond acceptors (Lipinski definition) is 2. The molecule has 2 saturated carbocycles. The van der Waals surface area contributed by atoms with Gasteiger partial charge >= 0.3 is 0 Å². The number of likely N-dealkylation sites (N-methyl/N-ethyl adjacent to an activating group) is 1. The monoisotopic (exact) mass is 295 g/mol. The average molecular weight is 295 g/mol. The van der Waals surface area contributed by atoms with Gasteiger partial charge in [0.15, 0.2) is 11.6 Å². The van der Waals surface area contributed by atoms with Crippen molar-refractivity contribution in [2.24, 2.45) is 11.8 Å². The minimum Gasteiger partial charge on any atom is -0.391 e. The van der Waals surface area contributed by atoms with Crippen molar-refractivity contribution in [3.8, 4) is 0 Å². The summed E-state index contributed by atoms with van der Waals surface area (Å²) in [5.41, 5.74) is 0.282. The molecule has 0 aromatic heterocycles. The summed E-state index contributed by atoms with van der Waals surface area (Å²) in [6.07, 6.45) is 2.11. The number of hydrogen-bond donors (Lipinski definition) is 1. The van der Waals surface area contributed by atoms with Crippen LogP contribution < -0.4 is 0 Å². The van der Waals surface area contributed by atoms with Crippen molar-refractivity contribution in [1.29, 1.82) is 0 Å². The zero-order valence-electron chi connectivity index (χ0n) is 11.9. The molecule has 0 bridgehead atoms. The van der Waals surface area contributed by atoms with Crippen molar-refractivity contribution in [2.75, 3.05) is 13.6 Å². The molecule has 0 spiro atoms. The molecule has 0 radical (unpaired) electrons. The Kier molecular flexibility index (Phi) is 3.69. The Morgan fingerprint density at radius 1 is 1.43 bits per heavy atom. The second kappa shape index (κ2) is 5.37. The third-order valence-electron chi connectivity index (χ3n) is 4.49. The highest BCUT2D eigenvalue weighted by molar-refractivity contribution is 5.82. The molecule has 1 aromatic rings. The lowest BCUT2D eigenvalue weighted by atomic mass is 10.1. The van der Waals surface area contributed by atoms with Gasteiger partial charge in [0.1, 0.15) is 0 Å². The molecule has 1 N–H and O–H groups in total. The Morgan fingerprint density at radius 3 is 2.81 bits per heavy atom. The molecule has 1 amide bonds.